The molecule has 35 heavy (non-hydrogen) atoms. The quantitative estimate of drug-likeness (QED) is 0.499. The molecule has 0 aliphatic carbocycles. The Morgan fingerprint density at radius 3 is 2.66 bits per heavy atom. The third-order valence-electron chi connectivity index (χ3n) is 7.64. The van der Waals surface area contributed by atoms with Crippen molar-refractivity contribution in [1.82, 2.24) is 15.8 Å². The second kappa shape index (κ2) is 7.62. The van der Waals surface area contributed by atoms with Crippen LogP contribution >= 0.6 is 0 Å². The first-order valence-electron chi connectivity index (χ1n) is 11.8. The van der Waals surface area contributed by atoms with Crippen molar-refractivity contribution in [3.63, 3.8) is 0 Å². The summed E-state index contributed by atoms with van der Waals surface area (Å²) in [7, 11) is 0. The Morgan fingerprint density at radius 1 is 1.20 bits per heavy atom. The fourth-order valence-electron chi connectivity index (χ4n) is 6.31. The van der Waals surface area contributed by atoms with E-state index in [0.717, 1.165) is 6.42 Å². The van der Waals surface area contributed by atoms with E-state index in [4.69, 9.17) is 9.26 Å². The van der Waals surface area contributed by atoms with Gasteiger partial charge in [-0.05, 0) is 38.3 Å². The molecule has 4 aliphatic rings. The topological polar surface area (TPSA) is 137 Å². The van der Waals surface area contributed by atoms with Crippen molar-refractivity contribution in [3.8, 4) is 0 Å². The number of piperidine rings is 1. The van der Waals surface area contributed by atoms with Crippen molar-refractivity contribution in [2.75, 3.05) is 29.4 Å². The van der Waals surface area contributed by atoms with E-state index in [2.05, 4.69) is 15.8 Å². The number of β-amino-alcohol motifs (C(OH)–C–C–N with tert-alkyl or cyclic N) is 1. The van der Waals surface area contributed by atoms with Crippen LogP contribution in [0.4, 0.5) is 20.7 Å². The zero-order valence-corrected chi connectivity index (χ0v) is 19.3. The first kappa shape index (κ1) is 22.2. The Balaban J connectivity index is 1.55. The molecule has 0 radical (unpaired) electrons. The number of nitrogens with one attached hydrogen (secondary N) is 2. The van der Waals surface area contributed by atoms with Gasteiger partial charge in [-0.3, -0.25) is 20.2 Å². The SMILES string of the molecule is C[C@@H]1CN2c3c(cc4c(N5CCC[C@@H](O)C5)noc4c3F)CC3(C(=O)NC(=O)NC3=O)[C@H]2[C@H](C)O1. The van der Waals surface area contributed by atoms with E-state index in [0.29, 0.717) is 36.3 Å². The number of rotatable bonds is 1. The smallest absolute Gasteiger partial charge is 0.328 e. The van der Waals surface area contributed by atoms with E-state index in [-0.39, 0.29) is 30.3 Å². The van der Waals surface area contributed by atoms with E-state index in [1.54, 1.807) is 17.9 Å². The number of aromatic nitrogens is 1. The van der Waals surface area contributed by atoms with Crippen molar-refractivity contribution >= 4 is 40.3 Å². The van der Waals surface area contributed by atoms with Crippen LogP contribution in [0.15, 0.2) is 10.6 Å². The number of aliphatic hydroxyl groups is 1. The standard InChI is InChI=1S/C23H26FN5O6/c1-10-8-29-16-12(7-23(18(29)11(2)34-10)20(31)25-22(33)26-21(23)32)6-14-17(15(16)24)35-27-19(14)28-5-3-4-13(30)9-28/h6,10-11,13,18,30H,3-5,7-9H2,1-2H3,(H2,25,26,31,32,33)/t10-,11+,13-,18-/m1/s1. The van der Waals surface area contributed by atoms with Gasteiger partial charge in [-0.2, -0.15) is 0 Å². The van der Waals surface area contributed by atoms with Crippen LogP contribution in [0.3, 0.4) is 0 Å². The summed E-state index contributed by atoms with van der Waals surface area (Å²) >= 11 is 0. The van der Waals surface area contributed by atoms with Gasteiger partial charge < -0.3 is 24.2 Å². The van der Waals surface area contributed by atoms with E-state index in [9.17, 15) is 19.5 Å². The number of fused-ring (bicyclic) bond motifs is 5. The number of urea groups is 1. The van der Waals surface area contributed by atoms with Crippen molar-refractivity contribution in [2.24, 2.45) is 5.41 Å². The number of hydrogen-bond donors (Lipinski definition) is 3. The molecule has 12 heteroatoms. The largest absolute Gasteiger partial charge is 0.391 e. The van der Waals surface area contributed by atoms with Gasteiger partial charge in [0.1, 0.15) is 0 Å². The molecule has 4 aliphatic heterocycles. The highest BCUT2D eigenvalue weighted by Gasteiger charge is 2.63. The number of carbonyl (C=O) groups is 3. The van der Waals surface area contributed by atoms with Crippen LogP contribution < -0.4 is 20.4 Å². The van der Waals surface area contributed by atoms with Gasteiger partial charge in [-0.15, -0.1) is 0 Å². The number of barbiturate groups is 1. The number of anilines is 2. The van der Waals surface area contributed by atoms with Gasteiger partial charge in [0.25, 0.3) is 0 Å². The average molecular weight is 487 g/mol. The lowest BCUT2D eigenvalue weighted by atomic mass is 9.66. The van der Waals surface area contributed by atoms with Gasteiger partial charge in [0.05, 0.1) is 35.4 Å². The molecular formula is C23H26FN5O6. The molecule has 2 aromatic rings. The lowest BCUT2D eigenvalue weighted by Crippen LogP contribution is -2.75. The van der Waals surface area contributed by atoms with Crippen LogP contribution in [0.2, 0.25) is 0 Å². The molecule has 1 aromatic carbocycles. The number of ether oxygens (including phenoxy) is 1. The highest BCUT2D eigenvalue weighted by Crippen LogP contribution is 2.49. The Kier molecular flexibility index (Phi) is 4.84. The third-order valence-corrected chi connectivity index (χ3v) is 7.64. The molecule has 1 spiro atoms. The zero-order valence-electron chi connectivity index (χ0n) is 19.3. The predicted molar refractivity (Wildman–Crippen MR) is 120 cm³/mol. The maximum absolute atomic E-state index is 16.1. The minimum atomic E-state index is -1.70. The van der Waals surface area contributed by atoms with Crippen molar-refractivity contribution in [1.29, 1.82) is 0 Å². The van der Waals surface area contributed by atoms with E-state index in [1.807, 2.05) is 11.8 Å². The van der Waals surface area contributed by atoms with Gasteiger partial charge in [-0.1, -0.05) is 5.16 Å². The molecule has 3 saturated heterocycles. The predicted octanol–water partition coefficient (Wildman–Crippen LogP) is 0.819. The van der Waals surface area contributed by atoms with E-state index >= 15 is 4.39 Å². The summed E-state index contributed by atoms with van der Waals surface area (Å²) in [5, 5.41) is 19.1. The number of imide groups is 2. The van der Waals surface area contributed by atoms with Crippen molar-refractivity contribution < 1.29 is 33.1 Å². The minimum absolute atomic E-state index is 0.0203. The molecule has 3 fully saturated rings. The number of morpholine rings is 1. The van der Waals surface area contributed by atoms with Gasteiger partial charge >= 0.3 is 6.03 Å². The first-order valence-corrected chi connectivity index (χ1v) is 11.8. The second-order valence-corrected chi connectivity index (χ2v) is 9.96. The molecule has 4 atom stereocenters. The Hall–Kier alpha value is -3.25. The maximum Gasteiger partial charge on any atom is 0.328 e. The molecule has 0 bridgehead atoms. The molecular weight excluding hydrogens is 461 g/mol. The Bertz CT molecular complexity index is 1240. The lowest BCUT2D eigenvalue weighted by molar-refractivity contribution is -0.153. The van der Waals surface area contributed by atoms with E-state index < -0.39 is 47.3 Å². The summed E-state index contributed by atoms with van der Waals surface area (Å²) in [5.41, 5.74) is -1.03. The molecule has 5 heterocycles. The van der Waals surface area contributed by atoms with E-state index in [1.165, 1.54) is 0 Å². The number of carbonyl (C=O) groups excluding carboxylic acids is 3. The number of halogens is 1. The summed E-state index contributed by atoms with van der Waals surface area (Å²) in [5.74, 6) is -1.68. The summed E-state index contributed by atoms with van der Waals surface area (Å²) in [6, 6.07) is -0.0152. The average Bonchev–Trinajstić information content (AvgIpc) is 3.21. The Labute approximate surface area is 199 Å². The van der Waals surface area contributed by atoms with Crippen LogP contribution in [0.1, 0.15) is 32.3 Å². The van der Waals surface area contributed by atoms with Crippen LogP contribution in [-0.2, 0) is 20.7 Å². The first-order chi connectivity index (χ1) is 16.7. The number of hydrogen-bond acceptors (Lipinski definition) is 9. The number of amides is 4. The van der Waals surface area contributed by atoms with Gasteiger partial charge in [0.2, 0.25) is 17.4 Å². The van der Waals surface area contributed by atoms with Crippen LogP contribution in [0.5, 0.6) is 0 Å². The molecule has 11 nitrogen and oxygen atoms in total. The third kappa shape index (κ3) is 3.09. The van der Waals surface area contributed by atoms with Gasteiger partial charge in [0.15, 0.2) is 17.1 Å². The lowest BCUT2D eigenvalue weighted by Gasteiger charge is -2.55. The molecule has 3 N–H and O–H groups in total. The molecule has 0 saturated carbocycles. The molecule has 1 aromatic heterocycles. The summed E-state index contributed by atoms with van der Waals surface area (Å²) in [4.78, 5) is 42.0. The normalized spacial score (nSPS) is 30.2. The fourth-order valence-corrected chi connectivity index (χ4v) is 6.31. The number of benzene rings is 1. The zero-order chi connectivity index (χ0) is 24.6. The van der Waals surface area contributed by atoms with Gasteiger partial charge in [0, 0.05) is 26.1 Å². The van der Waals surface area contributed by atoms with Crippen LogP contribution in [0, 0.1) is 11.2 Å². The monoisotopic (exact) mass is 487 g/mol. The Morgan fingerprint density at radius 2 is 1.94 bits per heavy atom. The number of aliphatic hydroxyl groups excluding tert-OH is 1. The fraction of sp³-hybridized carbons (Fsp3) is 0.565. The summed E-state index contributed by atoms with van der Waals surface area (Å²) in [6.45, 7) is 4.79. The maximum atomic E-state index is 16.1. The molecule has 186 valence electrons. The van der Waals surface area contributed by atoms with Gasteiger partial charge in [-0.25, -0.2) is 9.18 Å². The molecule has 6 rings (SSSR count). The highest BCUT2D eigenvalue weighted by atomic mass is 19.1. The van der Waals surface area contributed by atoms with Crippen molar-refractivity contribution in [3.05, 3.63) is 17.4 Å². The van der Waals surface area contributed by atoms with Crippen molar-refractivity contribution in [2.45, 2.75) is 57.5 Å². The number of nitrogens with zero attached hydrogens (tertiary/aromatic N) is 3. The summed E-state index contributed by atoms with van der Waals surface area (Å²) < 4.78 is 27.5. The highest BCUT2D eigenvalue weighted by molar-refractivity contribution is 6.20. The minimum Gasteiger partial charge on any atom is -0.391 e. The molecule has 0 unspecified atom stereocenters. The van der Waals surface area contributed by atoms with Crippen LogP contribution in [0.25, 0.3) is 11.0 Å². The van der Waals surface area contributed by atoms with Crippen LogP contribution in [-0.4, -0.2) is 72.1 Å². The molecule has 4 amide bonds. The summed E-state index contributed by atoms with van der Waals surface area (Å²) in [6.07, 6.45) is -0.119. The second-order valence-electron chi connectivity index (χ2n) is 9.96.